The van der Waals surface area contributed by atoms with Crippen LogP contribution >= 0.6 is 11.6 Å². The fourth-order valence-corrected chi connectivity index (χ4v) is 2.19. The van der Waals surface area contributed by atoms with E-state index in [4.69, 9.17) is 16.3 Å². The van der Waals surface area contributed by atoms with E-state index in [2.05, 4.69) is 17.3 Å². The number of hydrogen-bond donors (Lipinski definition) is 1. The highest BCUT2D eigenvalue weighted by Gasteiger charge is 2.18. The Labute approximate surface area is 124 Å². The van der Waals surface area contributed by atoms with E-state index in [-0.39, 0.29) is 6.03 Å². The summed E-state index contributed by atoms with van der Waals surface area (Å²) in [6.45, 7) is 4.26. The van der Waals surface area contributed by atoms with Crippen LogP contribution in [0, 0.1) is 0 Å². The summed E-state index contributed by atoms with van der Waals surface area (Å²) in [6.07, 6.45) is 0. The zero-order valence-corrected chi connectivity index (χ0v) is 12.4. The van der Waals surface area contributed by atoms with Gasteiger partial charge < -0.3 is 19.9 Å². The molecule has 0 spiro atoms. The molecule has 1 heterocycles. The first-order valence-corrected chi connectivity index (χ1v) is 7.13. The van der Waals surface area contributed by atoms with Gasteiger partial charge >= 0.3 is 6.03 Å². The first kappa shape index (κ1) is 14.9. The van der Waals surface area contributed by atoms with Crippen LogP contribution in [0.2, 0.25) is 5.02 Å². The van der Waals surface area contributed by atoms with E-state index in [1.807, 2.05) is 23.1 Å². The Morgan fingerprint density at radius 2 is 2.00 bits per heavy atom. The smallest absolute Gasteiger partial charge is 0.317 e. The number of nitrogens with one attached hydrogen (secondary N) is 1. The second-order valence-electron chi connectivity index (χ2n) is 4.80. The van der Waals surface area contributed by atoms with Crippen molar-refractivity contribution in [3.05, 3.63) is 29.3 Å². The number of piperazine rings is 1. The lowest BCUT2D eigenvalue weighted by atomic mass is 10.3. The topological polar surface area (TPSA) is 44.8 Å². The van der Waals surface area contributed by atoms with Crippen molar-refractivity contribution in [2.75, 3.05) is 46.4 Å². The summed E-state index contributed by atoms with van der Waals surface area (Å²) >= 11 is 5.98. The lowest BCUT2D eigenvalue weighted by Crippen LogP contribution is -2.51. The molecule has 0 aromatic heterocycles. The third kappa shape index (κ3) is 4.28. The van der Waals surface area contributed by atoms with Crippen LogP contribution in [0.1, 0.15) is 0 Å². The largest absolute Gasteiger partial charge is 0.490 e. The molecule has 6 heteroatoms. The Morgan fingerprint density at radius 3 is 2.70 bits per heavy atom. The quantitative estimate of drug-likeness (QED) is 0.860. The van der Waals surface area contributed by atoms with Gasteiger partial charge in [-0.15, -0.1) is 0 Å². The van der Waals surface area contributed by atoms with Crippen LogP contribution in [0.15, 0.2) is 24.3 Å². The molecule has 0 atom stereocenters. The molecule has 0 radical (unpaired) electrons. The number of carbonyl (C=O) groups excluding carboxylic acids is 1. The number of rotatable bonds is 4. The molecule has 5 nitrogen and oxygen atoms in total. The molecule has 2 amide bonds. The van der Waals surface area contributed by atoms with Crippen LogP contribution in [0.5, 0.6) is 5.75 Å². The van der Waals surface area contributed by atoms with E-state index < -0.39 is 0 Å². The van der Waals surface area contributed by atoms with Crippen LogP contribution in [0.3, 0.4) is 0 Å². The molecule has 1 aliphatic heterocycles. The van der Waals surface area contributed by atoms with Gasteiger partial charge in [0.15, 0.2) is 0 Å². The summed E-state index contributed by atoms with van der Waals surface area (Å²) in [5.74, 6) is 0.642. The van der Waals surface area contributed by atoms with Crippen LogP contribution in [0.25, 0.3) is 0 Å². The summed E-state index contributed by atoms with van der Waals surface area (Å²) in [7, 11) is 2.06. The van der Waals surface area contributed by atoms with Gasteiger partial charge in [-0.25, -0.2) is 4.79 Å². The van der Waals surface area contributed by atoms with Gasteiger partial charge in [-0.1, -0.05) is 23.7 Å². The highest BCUT2D eigenvalue weighted by molar-refractivity contribution is 6.32. The minimum atomic E-state index is -0.0270. The molecule has 1 saturated heterocycles. The lowest BCUT2D eigenvalue weighted by molar-refractivity contribution is 0.153. The third-order valence-corrected chi connectivity index (χ3v) is 3.58. The fourth-order valence-electron chi connectivity index (χ4n) is 2.00. The van der Waals surface area contributed by atoms with Crippen molar-refractivity contribution in [3.8, 4) is 5.75 Å². The molecule has 20 heavy (non-hydrogen) atoms. The van der Waals surface area contributed by atoms with Crippen LogP contribution in [-0.4, -0.2) is 62.2 Å². The second-order valence-corrected chi connectivity index (χ2v) is 5.21. The monoisotopic (exact) mass is 297 g/mol. The zero-order chi connectivity index (χ0) is 14.4. The number of nitrogens with zero attached hydrogens (tertiary/aromatic N) is 2. The van der Waals surface area contributed by atoms with E-state index in [1.165, 1.54) is 0 Å². The van der Waals surface area contributed by atoms with E-state index in [0.717, 1.165) is 26.2 Å². The molecule has 1 fully saturated rings. The molecule has 0 saturated carbocycles. The number of urea groups is 1. The van der Waals surface area contributed by atoms with Gasteiger partial charge in [0.05, 0.1) is 11.6 Å². The highest BCUT2D eigenvalue weighted by Crippen LogP contribution is 2.22. The van der Waals surface area contributed by atoms with E-state index in [0.29, 0.717) is 23.9 Å². The Hall–Kier alpha value is -1.46. The molecule has 1 aromatic carbocycles. The highest BCUT2D eigenvalue weighted by atomic mass is 35.5. The molecule has 0 bridgehead atoms. The number of hydrogen-bond acceptors (Lipinski definition) is 3. The maximum atomic E-state index is 11.9. The minimum Gasteiger partial charge on any atom is -0.490 e. The summed E-state index contributed by atoms with van der Waals surface area (Å²) < 4.78 is 5.52. The van der Waals surface area contributed by atoms with Gasteiger partial charge in [0.25, 0.3) is 0 Å². The summed E-state index contributed by atoms with van der Waals surface area (Å²) in [4.78, 5) is 15.9. The van der Waals surface area contributed by atoms with Gasteiger partial charge in [0.2, 0.25) is 0 Å². The van der Waals surface area contributed by atoms with Crippen molar-refractivity contribution in [3.63, 3.8) is 0 Å². The summed E-state index contributed by atoms with van der Waals surface area (Å²) in [5, 5.41) is 3.44. The van der Waals surface area contributed by atoms with Crippen LogP contribution < -0.4 is 10.1 Å². The molecule has 0 unspecified atom stereocenters. The Kier molecular flexibility index (Phi) is 5.49. The second kappa shape index (κ2) is 7.36. The van der Waals surface area contributed by atoms with Crippen molar-refractivity contribution < 1.29 is 9.53 Å². The molecule has 1 N–H and O–H groups in total. The first-order chi connectivity index (χ1) is 9.66. The minimum absolute atomic E-state index is 0.0270. The Bertz CT molecular complexity index is 448. The molecule has 2 rings (SSSR count). The van der Waals surface area contributed by atoms with Crippen molar-refractivity contribution >= 4 is 17.6 Å². The molecular weight excluding hydrogens is 278 g/mol. The number of benzene rings is 1. The Balaban J connectivity index is 1.66. The molecule has 1 aliphatic rings. The number of ether oxygens (including phenoxy) is 1. The molecule has 110 valence electrons. The number of likely N-dealkylation sites (N-methyl/N-ethyl adjacent to an activating group) is 1. The fraction of sp³-hybridized carbons (Fsp3) is 0.500. The normalized spacial score (nSPS) is 16.0. The maximum Gasteiger partial charge on any atom is 0.317 e. The predicted molar refractivity (Wildman–Crippen MR) is 79.4 cm³/mol. The maximum absolute atomic E-state index is 11.9. The van der Waals surface area contributed by atoms with E-state index in [9.17, 15) is 4.79 Å². The predicted octanol–water partition coefficient (Wildman–Crippen LogP) is 1.68. The number of carbonyl (C=O) groups is 1. The first-order valence-electron chi connectivity index (χ1n) is 6.75. The number of para-hydroxylation sites is 1. The average Bonchev–Trinajstić information content (AvgIpc) is 2.46. The van der Waals surface area contributed by atoms with Crippen LogP contribution in [-0.2, 0) is 0 Å². The molecular formula is C14H20ClN3O2. The van der Waals surface area contributed by atoms with Crippen molar-refractivity contribution in [1.29, 1.82) is 0 Å². The van der Waals surface area contributed by atoms with Crippen molar-refractivity contribution in [2.45, 2.75) is 0 Å². The number of amides is 2. The molecule has 0 aliphatic carbocycles. The number of halogens is 1. The van der Waals surface area contributed by atoms with Gasteiger partial charge in [0.1, 0.15) is 12.4 Å². The van der Waals surface area contributed by atoms with Crippen molar-refractivity contribution in [1.82, 2.24) is 15.1 Å². The molecule has 1 aromatic rings. The van der Waals surface area contributed by atoms with Gasteiger partial charge in [-0.3, -0.25) is 0 Å². The average molecular weight is 298 g/mol. The van der Waals surface area contributed by atoms with Crippen LogP contribution in [0.4, 0.5) is 4.79 Å². The van der Waals surface area contributed by atoms with Gasteiger partial charge in [0, 0.05) is 26.2 Å². The summed E-state index contributed by atoms with van der Waals surface area (Å²) in [6, 6.07) is 7.28. The van der Waals surface area contributed by atoms with E-state index in [1.54, 1.807) is 6.07 Å². The van der Waals surface area contributed by atoms with Gasteiger partial charge in [-0.05, 0) is 19.2 Å². The third-order valence-electron chi connectivity index (χ3n) is 3.26. The summed E-state index contributed by atoms with van der Waals surface area (Å²) in [5.41, 5.74) is 0. The Morgan fingerprint density at radius 1 is 1.30 bits per heavy atom. The van der Waals surface area contributed by atoms with E-state index >= 15 is 0 Å². The zero-order valence-electron chi connectivity index (χ0n) is 11.6. The van der Waals surface area contributed by atoms with Crippen molar-refractivity contribution in [2.24, 2.45) is 0 Å². The standard InChI is InChI=1S/C14H20ClN3O2/c1-17-7-9-18(10-8-17)14(19)16-6-11-20-13-5-3-2-4-12(13)15/h2-5H,6-11H2,1H3,(H,16,19). The van der Waals surface area contributed by atoms with Gasteiger partial charge in [-0.2, -0.15) is 0 Å². The SMILES string of the molecule is CN1CCN(C(=O)NCCOc2ccccc2Cl)CC1. The lowest BCUT2D eigenvalue weighted by Gasteiger charge is -2.32.